The lowest BCUT2D eigenvalue weighted by Gasteiger charge is -2.06. The lowest BCUT2D eigenvalue weighted by Crippen LogP contribution is -2.26. The van der Waals surface area contributed by atoms with Gasteiger partial charge in [0.25, 0.3) is 5.91 Å². The van der Waals surface area contributed by atoms with Crippen LogP contribution in [0.2, 0.25) is 0 Å². The molecule has 1 aromatic rings. The second-order valence-electron chi connectivity index (χ2n) is 3.24. The highest BCUT2D eigenvalue weighted by Gasteiger charge is 2.10. The number of nitrogens with one attached hydrogen (secondary N) is 1. The number of thiophene rings is 1. The number of esters is 1. The van der Waals surface area contributed by atoms with E-state index in [4.69, 9.17) is 10.00 Å². The van der Waals surface area contributed by atoms with Crippen molar-refractivity contribution in [1.29, 1.82) is 5.26 Å². The summed E-state index contributed by atoms with van der Waals surface area (Å²) >= 11 is 1.33. The third kappa shape index (κ3) is 4.66. The fourth-order valence-corrected chi connectivity index (χ4v) is 1.70. The summed E-state index contributed by atoms with van der Waals surface area (Å²) in [6, 6.07) is 5.27. The van der Waals surface area contributed by atoms with Crippen molar-refractivity contribution in [2.45, 2.75) is 19.4 Å². The van der Waals surface area contributed by atoms with Gasteiger partial charge in [0.05, 0.1) is 11.3 Å². The minimum atomic E-state index is -0.754. The van der Waals surface area contributed by atoms with Crippen molar-refractivity contribution in [1.82, 2.24) is 5.32 Å². The van der Waals surface area contributed by atoms with E-state index in [2.05, 4.69) is 5.32 Å². The van der Waals surface area contributed by atoms with Crippen LogP contribution in [0.15, 0.2) is 17.5 Å². The molecule has 0 aliphatic rings. The second kappa shape index (κ2) is 6.66. The Hall–Kier alpha value is -1.87. The Morgan fingerprint density at radius 1 is 1.65 bits per heavy atom. The smallest absolute Gasteiger partial charge is 0.308 e. The minimum absolute atomic E-state index is 0.0587. The molecule has 1 heterocycles. The van der Waals surface area contributed by atoms with Gasteiger partial charge in [0.15, 0.2) is 6.10 Å². The first-order chi connectivity index (χ1) is 8.13. The molecular formula is C11H12N2O3S. The Morgan fingerprint density at radius 3 is 3.00 bits per heavy atom. The molecule has 0 aliphatic heterocycles. The quantitative estimate of drug-likeness (QED) is 0.802. The van der Waals surface area contributed by atoms with Crippen LogP contribution in [0.1, 0.15) is 23.0 Å². The number of nitriles is 1. The van der Waals surface area contributed by atoms with Gasteiger partial charge in [-0.2, -0.15) is 5.26 Å². The maximum absolute atomic E-state index is 11.5. The number of hydrogen-bond acceptors (Lipinski definition) is 5. The Balaban J connectivity index is 2.22. The average Bonchev–Trinajstić information content (AvgIpc) is 2.82. The highest BCUT2D eigenvalue weighted by molar-refractivity contribution is 7.12. The third-order valence-electron chi connectivity index (χ3n) is 1.85. The summed E-state index contributed by atoms with van der Waals surface area (Å²) in [5.74, 6) is -0.702. The summed E-state index contributed by atoms with van der Waals surface area (Å²) in [5, 5.41) is 12.8. The van der Waals surface area contributed by atoms with Crippen LogP contribution < -0.4 is 5.32 Å². The van der Waals surface area contributed by atoms with Gasteiger partial charge in [-0.25, -0.2) is 0 Å². The molecule has 0 aliphatic carbocycles. The highest BCUT2D eigenvalue weighted by Crippen LogP contribution is 2.07. The summed E-state index contributed by atoms with van der Waals surface area (Å²) < 4.78 is 4.72. The van der Waals surface area contributed by atoms with Crippen LogP contribution in [0, 0.1) is 11.3 Å². The summed E-state index contributed by atoms with van der Waals surface area (Å²) in [7, 11) is 0. The maximum Gasteiger partial charge on any atom is 0.308 e. The molecule has 1 aromatic heterocycles. The number of rotatable bonds is 5. The Morgan fingerprint density at radius 2 is 2.41 bits per heavy atom. The van der Waals surface area contributed by atoms with E-state index in [1.165, 1.54) is 18.3 Å². The third-order valence-corrected chi connectivity index (χ3v) is 2.72. The number of ether oxygens (including phenoxy) is 1. The van der Waals surface area contributed by atoms with Gasteiger partial charge in [-0.3, -0.25) is 9.59 Å². The predicted octanol–water partition coefficient (Wildman–Crippen LogP) is 1.32. The van der Waals surface area contributed by atoms with E-state index in [0.717, 1.165) is 0 Å². The zero-order valence-electron chi connectivity index (χ0n) is 9.30. The van der Waals surface area contributed by atoms with Gasteiger partial charge in [-0.15, -0.1) is 11.3 Å². The monoisotopic (exact) mass is 252 g/mol. The van der Waals surface area contributed by atoms with Gasteiger partial charge in [-0.05, 0) is 18.4 Å². The van der Waals surface area contributed by atoms with E-state index >= 15 is 0 Å². The standard InChI is InChI=1S/C11H12N2O3S/c1-8(7-12)16-10(14)4-5-13-11(15)9-3-2-6-17-9/h2-3,6,8H,4-5H2,1H3,(H,13,15). The molecule has 1 amide bonds. The van der Waals surface area contributed by atoms with E-state index in [1.54, 1.807) is 23.6 Å². The lowest BCUT2D eigenvalue weighted by molar-refractivity contribution is -0.145. The van der Waals surface area contributed by atoms with Crippen molar-refractivity contribution in [2.75, 3.05) is 6.54 Å². The van der Waals surface area contributed by atoms with E-state index in [9.17, 15) is 9.59 Å². The normalized spacial score (nSPS) is 11.3. The molecule has 17 heavy (non-hydrogen) atoms. The van der Waals surface area contributed by atoms with Crippen LogP contribution in [0.4, 0.5) is 0 Å². The largest absolute Gasteiger partial charge is 0.447 e. The van der Waals surface area contributed by atoms with Gasteiger partial charge in [-0.1, -0.05) is 6.07 Å². The van der Waals surface area contributed by atoms with Crippen molar-refractivity contribution < 1.29 is 14.3 Å². The molecule has 0 radical (unpaired) electrons. The first-order valence-electron chi connectivity index (χ1n) is 5.04. The minimum Gasteiger partial charge on any atom is -0.447 e. The van der Waals surface area contributed by atoms with Gasteiger partial charge < -0.3 is 10.1 Å². The van der Waals surface area contributed by atoms with Crippen LogP contribution in [0.5, 0.6) is 0 Å². The van der Waals surface area contributed by atoms with Crippen LogP contribution in [0.3, 0.4) is 0 Å². The Labute approximate surface area is 103 Å². The Kier molecular flexibility index (Phi) is 5.17. The van der Waals surface area contributed by atoms with Crippen molar-refractivity contribution in [2.24, 2.45) is 0 Å². The average molecular weight is 252 g/mol. The maximum atomic E-state index is 11.5. The molecular weight excluding hydrogens is 240 g/mol. The highest BCUT2D eigenvalue weighted by atomic mass is 32.1. The zero-order chi connectivity index (χ0) is 12.7. The number of nitrogens with zero attached hydrogens (tertiary/aromatic N) is 1. The SMILES string of the molecule is CC(C#N)OC(=O)CCNC(=O)c1cccs1. The van der Waals surface area contributed by atoms with Crippen molar-refractivity contribution in [3.05, 3.63) is 22.4 Å². The van der Waals surface area contributed by atoms with Gasteiger partial charge >= 0.3 is 5.97 Å². The molecule has 1 N–H and O–H groups in total. The van der Waals surface area contributed by atoms with Crippen LogP contribution in [-0.4, -0.2) is 24.5 Å². The number of hydrogen-bond donors (Lipinski definition) is 1. The van der Waals surface area contributed by atoms with Gasteiger partial charge in [0, 0.05) is 6.54 Å². The molecule has 6 heteroatoms. The van der Waals surface area contributed by atoms with E-state index < -0.39 is 12.1 Å². The number of carbonyl (C=O) groups excluding carboxylic acids is 2. The van der Waals surface area contributed by atoms with Crippen molar-refractivity contribution in [3.63, 3.8) is 0 Å². The van der Waals surface area contributed by atoms with E-state index in [-0.39, 0.29) is 18.9 Å². The lowest BCUT2D eigenvalue weighted by atomic mass is 10.4. The number of amides is 1. The van der Waals surface area contributed by atoms with Crippen molar-refractivity contribution in [3.8, 4) is 6.07 Å². The topological polar surface area (TPSA) is 79.2 Å². The molecule has 0 fully saturated rings. The molecule has 5 nitrogen and oxygen atoms in total. The molecule has 0 aromatic carbocycles. The fraction of sp³-hybridized carbons (Fsp3) is 0.364. The summed E-state index contributed by atoms with van der Waals surface area (Å²) in [6.07, 6.45) is -0.696. The van der Waals surface area contributed by atoms with Crippen LogP contribution >= 0.6 is 11.3 Å². The second-order valence-corrected chi connectivity index (χ2v) is 4.19. The number of carbonyl (C=O) groups is 2. The van der Waals surface area contributed by atoms with Gasteiger partial charge in [0.2, 0.25) is 0 Å². The summed E-state index contributed by atoms with van der Waals surface area (Å²) in [6.45, 7) is 1.69. The molecule has 0 bridgehead atoms. The van der Waals surface area contributed by atoms with Crippen LogP contribution in [0.25, 0.3) is 0 Å². The Bertz CT molecular complexity index is 422. The summed E-state index contributed by atoms with van der Waals surface area (Å²) in [5.41, 5.74) is 0. The molecule has 0 saturated heterocycles. The van der Waals surface area contributed by atoms with E-state index in [1.807, 2.05) is 0 Å². The van der Waals surface area contributed by atoms with Crippen molar-refractivity contribution >= 4 is 23.2 Å². The molecule has 90 valence electrons. The molecule has 0 saturated carbocycles. The molecule has 1 atom stereocenters. The predicted molar refractivity (Wildman–Crippen MR) is 62.4 cm³/mol. The molecule has 1 unspecified atom stereocenters. The van der Waals surface area contributed by atoms with Crippen LogP contribution in [-0.2, 0) is 9.53 Å². The van der Waals surface area contributed by atoms with Gasteiger partial charge in [0.1, 0.15) is 6.07 Å². The first kappa shape index (κ1) is 13.2. The molecule has 0 spiro atoms. The first-order valence-corrected chi connectivity index (χ1v) is 5.92. The zero-order valence-corrected chi connectivity index (χ0v) is 10.1. The fourth-order valence-electron chi connectivity index (χ4n) is 1.06. The summed E-state index contributed by atoms with van der Waals surface area (Å²) in [4.78, 5) is 23.2. The van der Waals surface area contributed by atoms with E-state index in [0.29, 0.717) is 4.88 Å². The molecule has 1 rings (SSSR count).